The van der Waals surface area contributed by atoms with Gasteiger partial charge in [-0.1, -0.05) is 45.9 Å². The van der Waals surface area contributed by atoms with Gasteiger partial charge in [0.2, 0.25) is 0 Å². The zero-order valence-electron chi connectivity index (χ0n) is 16.8. The standard InChI is InChI=1S/C21H34O2S/c1-10-24(9,20(4,5)6)23-16(3)17-12-11-15(2)19-18(17)13-14-21(7,8)22-19/h11-14,16H,10H2,1-9H3. The minimum Gasteiger partial charge on any atom is -0.483 e. The van der Waals surface area contributed by atoms with Crippen LogP contribution in [0.5, 0.6) is 5.75 Å². The third-order valence-electron chi connectivity index (χ3n) is 5.08. The van der Waals surface area contributed by atoms with E-state index >= 15 is 0 Å². The Kier molecular flexibility index (Phi) is 5.19. The largest absolute Gasteiger partial charge is 0.483 e. The fourth-order valence-corrected chi connectivity index (χ4v) is 5.01. The van der Waals surface area contributed by atoms with E-state index in [4.69, 9.17) is 8.92 Å². The quantitative estimate of drug-likeness (QED) is 0.623. The normalized spacial score (nSPS) is 21.4. The SMILES string of the molecule is CCS(C)(OC(C)c1ccc(C)c2c1C=CC(C)(C)O2)C(C)(C)C. The van der Waals surface area contributed by atoms with Gasteiger partial charge in [-0.3, -0.25) is 0 Å². The van der Waals surface area contributed by atoms with Crippen LogP contribution in [0.1, 0.15) is 71.3 Å². The van der Waals surface area contributed by atoms with E-state index in [1.165, 1.54) is 16.7 Å². The van der Waals surface area contributed by atoms with Gasteiger partial charge >= 0.3 is 0 Å². The lowest BCUT2D eigenvalue weighted by molar-refractivity contribution is 0.156. The molecule has 2 rings (SSSR count). The zero-order valence-corrected chi connectivity index (χ0v) is 17.6. The average molecular weight is 351 g/mol. The van der Waals surface area contributed by atoms with E-state index in [1.54, 1.807) is 0 Å². The summed E-state index contributed by atoms with van der Waals surface area (Å²) in [5, 5.41) is 0. The first-order valence-corrected chi connectivity index (χ1v) is 11.0. The minimum absolute atomic E-state index is 0.0491. The molecule has 1 aromatic rings. The van der Waals surface area contributed by atoms with E-state index in [9.17, 15) is 0 Å². The molecule has 1 aliphatic rings. The maximum Gasteiger partial charge on any atom is 0.131 e. The lowest BCUT2D eigenvalue weighted by Gasteiger charge is -2.48. The second kappa shape index (κ2) is 6.42. The van der Waals surface area contributed by atoms with Crippen molar-refractivity contribution < 1.29 is 8.92 Å². The summed E-state index contributed by atoms with van der Waals surface area (Å²) in [6, 6.07) is 4.35. The molecule has 0 radical (unpaired) electrons. The summed E-state index contributed by atoms with van der Waals surface area (Å²) in [6.07, 6.45) is 6.70. The molecular formula is C21H34O2S. The number of hydrogen-bond acceptors (Lipinski definition) is 2. The number of rotatable bonds is 4. The lowest BCUT2D eigenvalue weighted by Crippen LogP contribution is -2.30. The van der Waals surface area contributed by atoms with E-state index in [1.807, 2.05) is 0 Å². The molecule has 0 aromatic heterocycles. The van der Waals surface area contributed by atoms with Gasteiger partial charge in [0, 0.05) is 10.3 Å². The molecule has 0 aliphatic carbocycles. The smallest absolute Gasteiger partial charge is 0.131 e. The van der Waals surface area contributed by atoms with Crippen molar-refractivity contribution in [2.45, 2.75) is 71.8 Å². The van der Waals surface area contributed by atoms with Crippen molar-refractivity contribution in [3.8, 4) is 5.75 Å². The molecule has 0 bridgehead atoms. The number of ether oxygens (including phenoxy) is 1. The number of benzene rings is 1. The highest BCUT2D eigenvalue weighted by Crippen LogP contribution is 2.59. The van der Waals surface area contributed by atoms with Gasteiger partial charge in [0.25, 0.3) is 0 Å². The molecule has 0 amide bonds. The molecule has 0 saturated heterocycles. The van der Waals surface area contributed by atoms with Crippen LogP contribution in [-0.2, 0) is 4.18 Å². The molecule has 2 atom stereocenters. The molecule has 0 N–H and O–H groups in total. The number of fused-ring (bicyclic) bond motifs is 1. The maximum absolute atomic E-state index is 6.69. The van der Waals surface area contributed by atoms with Crippen molar-refractivity contribution in [1.82, 2.24) is 0 Å². The van der Waals surface area contributed by atoms with Gasteiger partial charge in [-0.25, -0.2) is 0 Å². The molecule has 2 nitrogen and oxygen atoms in total. The monoisotopic (exact) mass is 350 g/mol. The average Bonchev–Trinajstić information content (AvgIpc) is 2.46. The van der Waals surface area contributed by atoms with Gasteiger partial charge in [-0.15, -0.1) is 10.3 Å². The van der Waals surface area contributed by atoms with Crippen LogP contribution >= 0.6 is 10.3 Å². The van der Waals surface area contributed by atoms with Crippen LogP contribution in [-0.4, -0.2) is 22.4 Å². The summed E-state index contributed by atoms with van der Waals surface area (Å²) in [6.45, 7) is 17.6. The molecule has 24 heavy (non-hydrogen) atoms. The summed E-state index contributed by atoms with van der Waals surface area (Å²) in [5.74, 6) is 2.06. The summed E-state index contributed by atoms with van der Waals surface area (Å²) >= 11 is 0. The van der Waals surface area contributed by atoms with Crippen molar-refractivity contribution >= 4 is 16.4 Å². The third kappa shape index (κ3) is 3.67. The Morgan fingerprint density at radius 1 is 1.25 bits per heavy atom. The molecule has 2 unspecified atom stereocenters. The Balaban J connectivity index is 2.40. The fourth-order valence-electron chi connectivity index (χ4n) is 2.98. The molecule has 3 heteroatoms. The Bertz CT molecular complexity index is 640. The van der Waals surface area contributed by atoms with Crippen molar-refractivity contribution in [3.63, 3.8) is 0 Å². The van der Waals surface area contributed by atoms with Gasteiger partial charge in [0.1, 0.15) is 11.4 Å². The molecule has 136 valence electrons. The predicted molar refractivity (Wildman–Crippen MR) is 108 cm³/mol. The molecule has 1 aromatic carbocycles. The second-order valence-corrected chi connectivity index (χ2v) is 12.4. The molecule has 0 spiro atoms. The number of aryl methyl sites for hydroxylation is 1. The minimum atomic E-state index is -1.16. The lowest BCUT2D eigenvalue weighted by atomic mass is 9.94. The van der Waals surface area contributed by atoms with Crippen LogP contribution in [0.25, 0.3) is 6.08 Å². The summed E-state index contributed by atoms with van der Waals surface area (Å²) in [4.78, 5) is 0. The zero-order chi connectivity index (χ0) is 18.3. The molecule has 1 heterocycles. The Labute approximate surface area is 150 Å². The maximum atomic E-state index is 6.69. The van der Waals surface area contributed by atoms with Gasteiger partial charge in [0.05, 0.1) is 6.10 Å². The predicted octanol–water partition coefficient (Wildman–Crippen LogP) is 6.42. The van der Waals surface area contributed by atoms with Crippen LogP contribution in [0.2, 0.25) is 0 Å². The molecular weight excluding hydrogens is 316 g/mol. The second-order valence-electron chi connectivity index (χ2n) is 8.40. The fraction of sp³-hybridized carbons (Fsp3) is 0.619. The van der Waals surface area contributed by atoms with Crippen LogP contribution < -0.4 is 4.74 Å². The van der Waals surface area contributed by atoms with Gasteiger partial charge in [-0.2, -0.15) is 0 Å². The van der Waals surface area contributed by atoms with Crippen molar-refractivity contribution in [3.05, 3.63) is 34.9 Å². The Morgan fingerprint density at radius 2 is 1.88 bits per heavy atom. The Hall–Kier alpha value is -0.930. The molecule has 0 saturated carbocycles. The topological polar surface area (TPSA) is 18.5 Å². The summed E-state index contributed by atoms with van der Waals surface area (Å²) in [5.41, 5.74) is 3.32. The van der Waals surface area contributed by atoms with E-state index in [-0.39, 0.29) is 16.5 Å². The van der Waals surface area contributed by atoms with Crippen LogP contribution in [0.3, 0.4) is 0 Å². The summed E-state index contributed by atoms with van der Waals surface area (Å²) < 4.78 is 13.1. The highest BCUT2D eigenvalue weighted by molar-refractivity contribution is 8.30. The highest BCUT2D eigenvalue weighted by atomic mass is 32.3. The van der Waals surface area contributed by atoms with E-state index in [0.717, 1.165) is 11.5 Å². The van der Waals surface area contributed by atoms with E-state index in [2.05, 4.69) is 85.9 Å². The Morgan fingerprint density at radius 3 is 2.42 bits per heavy atom. The van der Waals surface area contributed by atoms with Gasteiger partial charge < -0.3 is 8.92 Å². The highest BCUT2D eigenvalue weighted by Gasteiger charge is 2.35. The van der Waals surface area contributed by atoms with Crippen LogP contribution in [0.15, 0.2) is 18.2 Å². The van der Waals surface area contributed by atoms with E-state index in [0.29, 0.717) is 0 Å². The van der Waals surface area contributed by atoms with Gasteiger partial charge in [-0.05, 0) is 56.9 Å². The molecule has 0 fully saturated rings. The molecule has 1 aliphatic heterocycles. The van der Waals surface area contributed by atoms with Crippen molar-refractivity contribution in [2.24, 2.45) is 0 Å². The van der Waals surface area contributed by atoms with Crippen LogP contribution in [0, 0.1) is 6.92 Å². The first kappa shape index (κ1) is 19.4. The summed E-state index contributed by atoms with van der Waals surface area (Å²) in [7, 11) is -1.16. The van der Waals surface area contributed by atoms with Gasteiger partial charge in [0.15, 0.2) is 0 Å². The van der Waals surface area contributed by atoms with E-state index < -0.39 is 10.3 Å². The first-order chi connectivity index (χ1) is 10.9. The van der Waals surface area contributed by atoms with Crippen molar-refractivity contribution in [2.75, 3.05) is 12.0 Å². The first-order valence-electron chi connectivity index (χ1n) is 8.86. The number of hydrogen-bond donors (Lipinski definition) is 0. The third-order valence-corrected chi connectivity index (χ3v) is 9.49. The van der Waals surface area contributed by atoms with Crippen molar-refractivity contribution in [1.29, 1.82) is 0 Å². The van der Waals surface area contributed by atoms with Crippen LogP contribution in [0.4, 0.5) is 0 Å².